The van der Waals surface area contributed by atoms with E-state index in [9.17, 15) is 0 Å². The molecule has 0 bridgehead atoms. The number of rotatable bonds is 4. The number of hydrogen-bond acceptors (Lipinski definition) is 6. The maximum atomic E-state index is 4.32. The van der Waals surface area contributed by atoms with Crippen molar-refractivity contribution in [1.82, 2.24) is 29.8 Å². The lowest BCUT2D eigenvalue weighted by molar-refractivity contribution is 0.557. The number of aromatic nitrogens is 6. The van der Waals surface area contributed by atoms with Crippen molar-refractivity contribution in [2.45, 2.75) is 26.8 Å². The van der Waals surface area contributed by atoms with E-state index in [0.29, 0.717) is 0 Å². The number of anilines is 2. The van der Waals surface area contributed by atoms with E-state index in [0.717, 1.165) is 27.1 Å². The summed E-state index contributed by atoms with van der Waals surface area (Å²) in [6.07, 6.45) is 5.77. The SMILES string of the molecule is Cc1cnn(C(C)c2nnc(Nc3cn(C)nc3C)s2)c1. The number of hydrogen-bond donors (Lipinski definition) is 1. The van der Waals surface area contributed by atoms with Gasteiger partial charge in [-0.3, -0.25) is 9.36 Å². The normalized spacial score (nSPS) is 12.6. The predicted molar refractivity (Wildman–Crippen MR) is 81.9 cm³/mol. The van der Waals surface area contributed by atoms with Crippen LogP contribution in [0.1, 0.15) is 29.2 Å². The van der Waals surface area contributed by atoms with Crippen LogP contribution in [0.5, 0.6) is 0 Å². The molecule has 3 heterocycles. The topological polar surface area (TPSA) is 73.5 Å². The Morgan fingerprint density at radius 2 is 2.05 bits per heavy atom. The van der Waals surface area contributed by atoms with Crippen molar-refractivity contribution in [1.29, 1.82) is 0 Å². The lowest BCUT2D eigenvalue weighted by Gasteiger charge is -2.07. The highest BCUT2D eigenvalue weighted by Crippen LogP contribution is 2.27. The Kier molecular flexibility index (Phi) is 3.46. The summed E-state index contributed by atoms with van der Waals surface area (Å²) in [5.41, 5.74) is 3.02. The Balaban J connectivity index is 1.78. The minimum atomic E-state index is 0.0711. The quantitative estimate of drug-likeness (QED) is 0.801. The second kappa shape index (κ2) is 5.28. The highest BCUT2D eigenvalue weighted by molar-refractivity contribution is 7.15. The van der Waals surface area contributed by atoms with E-state index in [-0.39, 0.29) is 6.04 Å². The third-order valence-electron chi connectivity index (χ3n) is 3.18. The molecule has 1 N–H and O–H groups in total. The van der Waals surface area contributed by atoms with E-state index in [1.807, 2.05) is 44.2 Å². The molecule has 8 heteroatoms. The third-order valence-corrected chi connectivity index (χ3v) is 4.19. The van der Waals surface area contributed by atoms with Gasteiger partial charge in [0.15, 0.2) is 0 Å². The van der Waals surface area contributed by atoms with Crippen LogP contribution < -0.4 is 5.32 Å². The van der Waals surface area contributed by atoms with E-state index in [2.05, 4.69) is 32.6 Å². The van der Waals surface area contributed by atoms with Gasteiger partial charge >= 0.3 is 0 Å². The molecule has 0 radical (unpaired) electrons. The summed E-state index contributed by atoms with van der Waals surface area (Å²) >= 11 is 1.53. The van der Waals surface area contributed by atoms with Gasteiger partial charge in [-0.25, -0.2) is 0 Å². The van der Waals surface area contributed by atoms with Gasteiger partial charge < -0.3 is 5.32 Å². The molecule has 3 aromatic heterocycles. The second-order valence-corrected chi connectivity index (χ2v) is 6.06. The van der Waals surface area contributed by atoms with Crippen LogP contribution in [0, 0.1) is 13.8 Å². The molecule has 21 heavy (non-hydrogen) atoms. The highest BCUT2D eigenvalue weighted by Gasteiger charge is 2.15. The van der Waals surface area contributed by atoms with Crippen LogP contribution in [-0.2, 0) is 7.05 Å². The van der Waals surface area contributed by atoms with Crippen LogP contribution >= 0.6 is 11.3 Å². The smallest absolute Gasteiger partial charge is 0.210 e. The van der Waals surface area contributed by atoms with Crippen molar-refractivity contribution in [3.8, 4) is 0 Å². The molecule has 3 aromatic rings. The van der Waals surface area contributed by atoms with E-state index in [4.69, 9.17) is 0 Å². The first kappa shape index (κ1) is 13.7. The average molecular weight is 303 g/mol. The standard InChI is InChI=1S/C13H17N7S/c1-8-5-14-20(6-8)10(3)12-16-17-13(21-12)15-11-7-19(4)18-9(11)2/h5-7,10H,1-4H3,(H,15,17). The Bertz CT molecular complexity index is 754. The van der Waals surface area contributed by atoms with Crippen molar-refractivity contribution >= 4 is 22.2 Å². The Hall–Kier alpha value is -2.22. The largest absolute Gasteiger partial charge is 0.327 e. The summed E-state index contributed by atoms with van der Waals surface area (Å²) in [4.78, 5) is 0. The fourth-order valence-electron chi connectivity index (χ4n) is 2.05. The minimum Gasteiger partial charge on any atom is -0.327 e. The molecule has 0 aromatic carbocycles. The Morgan fingerprint density at radius 3 is 2.67 bits per heavy atom. The molecule has 110 valence electrons. The third kappa shape index (κ3) is 2.80. The molecule has 1 unspecified atom stereocenters. The fourth-order valence-corrected chi connectivity index (χ4v) is 2.85. The monoisotopic (exact) mass is 303 g/mol. The molecule has 0 saturated carbocycles. The lowest BCUT2D eigenvalue weighted by Crippen LogP contribution is -2.06. The van der Waals surface area contributed by atoms with E-state index in [1.165, 1.54) is 11.3 Å². The maximum Gasteiger partial charge on any atom is 0.210 e. The zero-order valence-corrected chi connectivity index (χ0v) is 13.2. The van der Waals surface area contributed by atoms with Gasteiger partial charge in [-0.1, -0.05) is 11.3 Å². The van der Waals surface area contributed by atoms with Crippen LogP contribution in [0.3, 0.4) is 0 Å². The Labute approximate surface area is 126 Å². The molecule has 0 fully saturated rings. The number of nitrogens with zero attached hydrogens (tertiary/aromatic N) is 6. The molecule has 0 saturated heterocycles. The van der Waals surface area contributed by atoms with E-state index < -0.39 is 0 Å². The van der Waals surface area contributed by atoms with Crippen LogP contribution in [0.15, 0.2) is 18.6 Å². The van der Waals surface area contributed by atoms with Gasteiger partial charge in [-0.15, -0.1) is 10.2 Å². The molecule has 0 spiro atoms. The van der Waals surface area contributed by atoms with Gasteiger partial charge in [0.25, 0.3) is 0 Å². The lowest BCUT2D eigenvalue weighted by atomic mass is 10.3. The molecule has 1 atom stereocenters. The molecular weight excluding hydrogens is 286 g/mol. The van der Waals surface area contributed by atoms with Crippen LogP contribution in [0.4, 0.5) is 10.8 Å². The van der Waals surface area contributed by atoms with Crippen LogP contribution in [-0.4, -0.2) is 29.8 Å². The van der Waals surface area contributed by atoms with Crippen molar-refractivity contribution in [3.05, 3.63) is 34.9 Å². The molecule has 0 aliphatic rings. The molecule has 7 nitrogen and oxygen atoms in total. The van der Waals surface area contributed by atoms with Crippen LogP contribution in [0.25, 0.3) is 0 Å². The first-order valence-corrected chi connectivity index (χ1v) is 7.46. The Morgan fingerprint density at radius 1 is 1.24 bits per heavy atom. The fraction of sp³-hybridized carbons (Fsp3) is 0.385. The maximum absolute atomic E-state index is 4.32. The number of nitrogens with one attached hydrogen (secondary N) is 1. The first-order valence-electron chi connectivity index (χ1n) is 6.64. The van der Waals surface area contributed by atoms with Gasteiger partial charge in [-0.05, 0) is 26.3 Å². The predicted octanol–water partition coefficient (Wildman–Crippen LogP) is 2.44. The van der Waals surface area contributed by atoms with E-state index >= 15 is 0 Å². The average Bonchev–Trinajstić information content (AvgIpc) is 3.12. The molecule has 0 amide bonds. The van der Waals surface area contributed by atoms with Crippen molar-refractivity contribution in [2.75, 3.05) is 5.32 Å². The zero-order valence-electron chi connectivity index (χ0n) is 12.4. The second-order valence-electron chi connectivity index (χ2n) is 5.05. The van der Waals surface area contributed by atoms with Gasteiger partial charge in [0.2, 0.25) is 5.13 Å². The zero-order chi connectivity index (χ0) is 15.0. The van der Waals surface area contributed by atoms with Gasteiger partial charge in [0, 0.05) is 19.4 Å². The van der Waals surface area contributed by atoms with Crippen molar-refractivity contribution < 1.29 is 0 Å². The molecular formula is C13H17N7S. The van der Waals surface area contributed by atoms with Gasteiger partial charge in [-0.2, -0.15) is 10.2 Å². The number of aryl methyl sites for hydroxylation is 3. The summed E-state index contributed by atoms with van der Waals surface area (Å²) < 4.78 is 3.67. The first-order chi connectivity index (χ1) is 10.0. The van der Waals surface area contributed by atoms with Gasteiger partial charge in [0.05, 0.1) is 17.6 Å². The molecule has 3 rings (SSSR count). The summed E-state index contributed by atoms with van der Waals surface area (Å²) in [6.45, 7) is 6.04. The van der Waals surface area contributed by atoms with Crippen molar-refractivity contribution in [2.24, 2.45) is 7.05 Å². The van der Waals surface area contributed by atoms with E-state index in [1.54, 1.807) is 4.68 Å². The highest BCUT2D eigenvalue weighted by atomic mass is 32.1. The van der Waals surface area contributed by atoms with Gasteiger partial charge in [0.1, 0.15) is 11.0 Å². The summed E-state index contributed by atoms with van der Waals surface area (Å²) in [5.74, 6) is 0. The minimum absolute atomic E-state index is 0.0711. The van der Waals surface area contributed by atoms with Crippen LogP contribution in [0.2, 0.25) is 0 Å². The molecule has 0 aliphatic heterocycles. The summed E-state index contributed by atoms with van der Waals surface area (Å²) in [5, 5.41) is 22.0. The van der Waals surface area contributed by atoms with Crippen molar-refractivity contribution in [3.63, 3.8) is 0 Å². The summed E-state index contributed by atoms with van der Waals surface area (Å²) in [6, 6.07) is 0.0711. The molecule has 0 aliphatic carbocycles. The summed E-state index contributed by atoms with van der Waals surface area (Å²) in [7, 11) is 1.89.